The number of ether oxygens (including phenoxy) is 1. The van der Waals surface area contributed by atoms with Crippen molar-refractivity contribution in [2.45, 2.75) is 50.5 Å². The molecule has 1 aromatic rings. The maximum Gasteiger partial charge on any atom is 0.340 e. The van der Waals surface area contributed by atoms with Crippen molar-refractivity contribution in [3.8, 4) is 5.88 Å². The summed E-state index contributed by atoms with van der Waals surface area (Å²) >= 11 is 0. The van der Waals surface area contributed by atoms with Gasteiger partial charge in [-0.2, -0.15) is 8.78 Å². The van der Waals surface area contributed by atoms with Gasteiger partial charge in [0.25, 0.3) is 0 Å². The summed E-state index contributed by atoms with van der Waals surface area (Å²) in [5.74, 6) is -3.93. The molecule has 2 bridgehead atoms. The molecule has 0 saturated heterocycles. The van der Waals surface area contributed by atoms with Crippen molar-refractivity contribution in [1.29, 1.82) is 0 Å². The van der Waals surface area contributed by atoms with Crippen molar-refractivity contribution in [2.24, 2.45) is 23.5 Å². The minimum absolute atomic E-state index is 0.110. The Morgan fingerprint density at radius 2 is 1.96 bits per heavy atom. The predicted octanol–water partition coefficient (Wildman–Crippen LogP) is 3.45. The highest BCUT2D eigenvalue weighted by atomic mass is 19.3. The summed E-state index contributed by atoms with van der Waals surface area (Å²) < 4.78 is 54.5. The predicted molar refractivity (Wildman–Crippen MR) is 90.8 cm³/mol. The number of anilines is 1. The molecule has 150 valence electrons. The van der Waals surface area contributed by atoms with E-state index in [1.807, 2.05) is 0 Å². The number of halogens is 4. The summed E-state index contributed by atoms with van der Waals surface area (Å²) in [5.41, 5.74) is 6.63. The Kier molecular flexibility index (Phi) is 5.88. The largest absolute Gasteiger partial charge is 0.471 e. The number of carbonyl (C=O) groups is 1. The molecule has 0 radical (unpaired) electrons. The van der Waals surface area contributed by atoms with Crippen molar-refractivity contribution >= 4 is 11.6 Å². The van der Waals surface area contributed by atoms with Gasteiger partial charge in [0.15, 0.2) is 6.61 Å². The van der Waals surface area contributed by atoms with Crippen LogP contribution < -0.4 is 15.8 Å². The molecule has 2 aliphatic rings. The number of carbonyl (C=O) groups excluding carboxylic acids is 1. The maximum atomic E-state index is 12.8. The summed E-state index contributed by atoms with van der Waals surface area (Å²) in [6.45, 7) is -1.46. The number of hydrogen-bond donors (Lipinski definition) is 2. The van der Waals surface area contributed by atoms with Gasteiger partial charge >= 0.3 is 12.3 Å². The van der Waals surface area contributed by atoms with Gasteiger partial charge in [0.2, 0.25) is 11.8 Å². The Labute approximate surface area is 154 Å². The lowest BCUT2D eigenvalue weighted by molar-refractivity contribution is -0.148. The number of nitrogens with zero attached hydrogens (tertiary/aromatic N) is 1. The molecule has 0 spiro atoms. The first-order chi connectivity index (χ1) is 12.8. The SMILES string of the molecule is NC1C2CCCC1CC(C(=O)Nc1ccc(OCC(F)(F)C(F)F)nc1)C2. The highest BCUT2D eigenvalue weighted by molar-refractivity contribution is 5.92. The molecule has 0 aliphatic heterocycles. The molecule has 2 unspecified atom stereocenters. The topological polar surface area (TPSA) is 77.2 Å². The van der Waals surface area contributed by atoms with E-state index in [0.29, 0.717) is 17.5 Å². The van der Waals surface area contributed by atoms with Gasteiger partial charge in [0, 0.05) is 18.0 Å². The highest BCUT2D eigenvalue weighted by Gasteiger charge is 2.42. The van der Waals surface area contributed by atoms with Crippen molar-refractivity contribution in [2.75, 3.05) is 11.9 Å². The van der Waals surface area contributed by atoms with Gasteiger partial charge in [-0.3, -0.25) is 4.79 Å². The monoisotopic (exact) mass is 389 g/mol. The molecule has 2 fully saturated rings. The van der Waals surface area contributed by atoms with Gasteiger partial charge in [-0.1, -0.05) is 6.42 Å². The summed E-state index contributed by atoms with van der Waals surface area (Å²) in [5, 5.41) is 2.77. The highest BCUT2D eigenvalue weighted by Crippen LogP contribution is 2.42. The van der Waals surface area contributed by atoms with Crippen LogP contribution in [0.5, 0.6) is 5.88 Å². The lowest BCUT2D eigenvalue weighted by Crippen LogP contribution is -2.48. The molecule has 1 amide bonds. The van der Waals surface area contributed by atoms with Gasteiger partial charge in [-0.05, 0) is 43.6 Å². The molecule has 1 aromatic heterocycles. The summed E-state index contributed by atoms with van der Waals surface area (Å²) in [7, 11) is 0. The quantitative estimate of drug-likeness (QED) is 0.731. The number of aromatic nitrogens is 1. The van der Waals surface area contributed by atoms with Crippen molar-refractivity contribution < 1.29 is 27.1 Å². The van der Waals surface area contributed by atoms with E-state index in [0.717, 1.165) is 32.1 Å². The summed E-state index contributed by atoms with van der Waals surface area (Å²) in [4.78, 5) is 16.3. The van der Waals surface area contributed by atoms with Gasteiger partial charge in [-0.15, -0.1) is 0 Å². The standard InChI is InChI=1S/C18H23F4N3O2/c19-17(20)18(21,22)9-27-14-5-4-13(8-24-14)25-16(26)12-6-10-2-1-3-11(7-12)15(10)23/h4-5,8,10-12,15,17H,1-3,6-7,9,23H2,(H,25,26). The van der Waals surface area contributed by atoms with Crippen LogP contribution in [0.15, 0.2) is 18.3 Å². The molecule has 2 atom stereocenters. The van der Waals surface area contributed by atoms with Gasteiger partial charge in [0.1, 0.15) is 0 Å². The first-order valence-corrected chi connectivity index (χ1v) is 9.07. The number of amides is 1. The number of hydrogen-bond acceptors (Lipinski definition) is 4. The zero-order valence-corrected chi connectivity index (χ0v) is 14.7. The Bertz CT molecular complexity index is 643. The number of pyridine rings is 1. The number of fused-ring (bicyclic) bond motifs is 2. The van der Waals surface area contributed by atoms with Crippen molar-refractivity contribution in [1.82, 2.24) is 4.98 Å². The Morgan fingerprint density at radius 3 is 2.52 bits per heavy atom. The van der Waals surface area contributed by atoms with Crippen LogP contribution in [0.25, 0.3) is 0 Å². The van der Waals surface area contributed by atoms with E-state index in [4.69, 9.17) is 5.73 Å². The minimum Gasteiger partial charge on any atom is -0.471 e. The Balaban J connectivity index is 1.53. The second-order valence-corrected chi connectivity index (χ2v) is 7.42. The average Bonchev–Trinajstić information content (AvgIpc) is 2.60. The summed E-state index contributed by atoms with van der Waals surface area (Å²) in [6.07, 6.45) is 2.24. The lowest BCUT2D eigenvalue weighted by Gasteiger charge is -2.43. The van der Waals surface area contributed by atoms with Crippen LogP contribution in [-0.2, 0) is 4.79 Å². The van der Waals surface area contributed by atoms with Crippen LogP contribution in [0.3, 0.4) is 0 Å². The van der Waals surface area contributed by atoms with Crippen LogP contribution in [0.4, 0.5) is 23.2 Å². The zero-order chi connectivity index (χ0) is 19.6. The lowest BCUT2D eigenvalue weighted by atomic mass is 9.65. The second-order valence-electron chi connectivity index (χ2n) is 7.42. The average molecular weight is 389 g/mol. The zero-order valence-electron chi connectivity index (χ0n) is 14.7. The van der Waals surface area contributed by atoms with Crippen molar-refractivity contribution in [3.63, 3.8) is 0 Å². The summed E-state index contributed by atoms with van der Waals surface area (Å²) in [6, 6.07) is 2.87. The molecule has 2 aliphatic carbocycles. The van der Waals surface area contributed by atoms with E-state index in [-0.39, 0.29) is 23.7 Å². The van der Waals surface area contributed by atoms with Crippen LogP contribution in [-0.4, -0.2) is 35.9 Å². The molecule has 9 heteroatoms. The normalized spacial score (nSPS) is 28.1. The van der Waals surface area contributed by atoms with Gasteiger partial charge < -0.3 is 15.8 Å². The third-order valence-corrected chi connectivity index (χ3v) is 5.52. The number of rotatable bonds is 6. The molecule has 3 rings (SSSR count). The fraction of sp³-hybridized carbons (Fsp3) is 0.667. The van der Waals surface area contributed by atoms with E-state index in [1.54, 1.807) is 0 Å². The molecule has 1 heterocycles. The first kappa shape index (κ1) is 19.9. The Morgan fingerprint density at radius 1 is 1.30 bits per heavy atom. The fourth-order valence-electron chi connectivity index (χ4n) is 4.02. The van der Waals surface area contributed by atoms with E-state index in [9.17, 15) is 22.4 Å². The van der Waals surface area contributed by atoms with Crippen LogP contribution >= 0.6 is 0 Å². The van der Waals surface area contributed by atoms with E-state index < -0.39 is 19.0 Å². The number of nitrogens with two attached hydrogens (primary N) is 1. The first-order valence-electron chi connectivity index (χ1n) is 9.07. The molecule has 27 heavy (non-hydrogen) atoms. The Hall–Kier alpha value is -1.90. The van der Waals surface area contributed by atoms with Crippen LogP contribution in [0.1, 0.15) is 32.1 Å². The fourth-order valence-corrected chi connectivity index (χ4v) is 4.02. The molecular formula is C18H23F4N3O2. The van der Waals surface area contributed by atoms with E-state index >= 15 is 0 Å². The van der Waals surface area contributed by atoms with Crippen LogP contribution in [0, 0.1) is 17.8 Å². The van der Waals surface area contributed by atoms with Gasteiger partial charge in [0.05, 0.1) is 11.9 Å². The molecule has 3 N–H and O–H groups in total. The van der Waals surface area contributed by atoms with Gasteiger partial charge in [-0.25, -0.2) is 13.8 Å². The molecule has 5 nitrogen and oxygen atoms in total. The van der Waals surface area contributed by atoms with E-state index in [2.05, 4.69) is 15.0 Å². The second kappa shape index (κ2) is 8.00. The number of nitrogens with one attached hydrogen (secondary N) is 1. The molecule has 2 saturated carbocycles. The van der Waals surface area contributed by atoms with Crippen molar-refractivity contribution in [3.05, 3.63) is 18.3 Å². The van der Waals surface area contributed by atoms with Crippen LogP contribution in [0.2, 0.25) is 0 Å². The minimum atomic E-state index is -4.24. The number of alkyl halides is 4. The third-order valence-electron chi connectivity index (χ3n) is 5.52. The van der Waals surface area contributed by atoms with E-state index in [1.165, 1.54) is 18.3 Å². The molecular weight excluding hydrogens is 366 g/mol. The smallest absolute Gasteiger partial charge is 0.340 e. The molecule has 0 aromatic carbocycles. The third kappa shape index (κ3) is 4.69. The maximum absolute atomic E-state index is 12.8.